The van der Waals surface area contributed by atoms with Gasteiger partial charge in [0.15, 0.2) is 15.0 Å². The number of thiazole rings is 1. The smallest absolute Gasteiger partial charge is 0.183 e. The Morgan fingerprint density at radius 2 is 1.81 bits per heavy atom. The van der Waals surface area contributed by atoms with Gasteiger partial charge in [-0.15, -0.1) is 0 Å². The number of hydrogen-bond donors (Lipinski definition) is 1. The van der Waals surface area contributed by atoms with E-state index in [9.17, 15) is 12.8 Å². The van der Waals surface area contributed by atoms with Gasteiger partial charge in [-0.3, -0.25) is 0 Å². The van der Waals surface area contributed by atoms with Crippen molar-refractivity contribution in [3.8, 4) is 21.7 Å². The average Bonchev–Trinajstić information content (AvgIpc) is 3.03. The maximum absolute atomic E-state index is 14.3. The van der Waals surface area contributed by atoms with Crippen LogP contribution in [-0.2, 0) is 9.84 Å². The first-order chi connectivity index (χ1) is 12.4. The highest BCUT2D eigenvalue weighted by Gasteiger charge is 2.18. The van der Waals surface area contributed by atoms with Gasteiger partial charge in [-0.2, -0.15) is 0 Å². The predicted octanol–water partition coefficient (Wildman–Crippen LogP) is 4.84. The van der Waals surface area contributed by atoms with E-state index >= 15 is 0 Å². The summed E-state index contributed by atoms with van der Waals surface area (Å²) in [5.74, 6) is -0.339. The van der Waals surface area contributed by atoms with Crippen LogP contribution < -0.4 is 5.32 Å². The lowest BCUT2D eigenvalue weighted by Gasteiger charge is -2.05. The normalized spacial score (nSPS) is 11.5. The number of nitrogens with one attached hydrogen (secondary N) is 1. The Labute approximate surface area is 156 Å². The van der Waals surface area contributed by atoms with Crippen molar-refractivity contribution in [2.45, 2.75) is 18.2 Å². The summed E-state index contributed by atoms with van der Waals surface area (Å²) < 4.78 is 37.7. The first kappa shape index (κ1) is 18.5. The van der Waals surface area contributed by atoms with Crippen LogP contribution >= 0.6 is 11.3 Å². The highest BCUT2D eigenvalue weighted by Crippen LogP contribution is 2.40. The van der Waals surface area contributed by atoms with Crippen LogP contribution in [0.1, 0.15) is 13.3 Å². The molecule has 0 fully saturated rings. The molecule has 3 aromatic rings. The van der Waals surface area contributed by atoms with Crippen LogP contribution in [0.5, 0.6) is 0 Å². The van der Waals surface area contributed by atoms with Gasteiger partial charge in [0.2, 0.25) is 0 Å². The van der Waals surface area contributed by atoms with Crippen LogP contribution in [-0.4, -0.2) is 26.2 Å². The van der Waals surface area contributed by atoms with Crippen molar-refractivity contribution in [2.75, 3.05) is 18.1 Å². The van der Waals surface area contributed by atoms with Gasteiger partial charge >= 0.3 is 0 Å². The second-order valence-corrected chi connectivity index (χ2v) is 8.91. The van der Waals surface area contributed by atoms with Gasteiger partial charge in [0.05, 0.1) is 15.5 Å². The molecule has 26 heavy (non-hydrogen) atoms. The summed E-state index contributed by atoms with van der Waals surface area (Å²) in [5, 5.41) is 3.95. The van der Waals surface area contributed by atoms with Crippen LogP contribution in [0.4, 0.5) is 9.52 Å². The summed E-state index contributed by atoms with van der Waals surface area (Å²) in [6, 6.07) is 13.1. The zero-order chi connectivity index (χ0) is 18.7. The Hall–Kier alpha value is -2.25. The number of halogens is 1. The fraction of sp³-hybridized carbons (Fsp3) is 0.211. The molecule has 0 bridgehead atoms. The second-order valence-electron chi connectivity index (χ2n) is 5.90. The molecule has 4 nitrogen and oxygen atoms in total. The molecule has 0 aliphatic rings. The Morgan fingerprint density at radius 1 is 1.12 bits per heavy atom. The third kappa shape index (κ3) is 3.94. The topological polar surface area (TPSA) is 59.1 Å². The maximum atomic E-state index is 14.3. The minimum atomic E-state index is -3.26. The summed E-state index contributed by atoms with van der Waals surface area (Å²) in [4.78, 5) is 5.63. The molecule has 0 radical (unpaired) electrons. The van der Waals surface area contributed by atoms with Gasteiger partial charge in [-0.05, 0) is 36.2 Å². The van der Waals surface area contributed by atoms with Gasteiger partial charge in [0.25, 0.3) is 0 Å². The Balaban J connectivity index is 2.10. The van der Waals surface area contributed by atoms with E-state index in [2.05, 4.69) is 17.2 Å². The van der Waals surface area contributed by atoms with Crippen LogP contribution in [0.15, 0.2) is 53.4 Å². The van der Waals surface area contributed by atoms with E-state index in [-0.39, 0.29) is 10.7 Å². The number of anilines is 1. The number of nitrogens with zero attached hydrogens (tertiary/aromatic N) is 1. The monoisotopic (exact) mass is 390 g/mol. The van der Waals surface area contributed by atoms with Gasteiger partial charge in [0, 0.05) is 18.4 Å². The van der Waals surface area contributed by atoms with Crippen LogP contribution in [0.25, 0.3) is 21.7 Å². The predicted molar refractivity (Wildman–Crippen MR) is 105 cm³/mol. The lowest BCUT2D eigenvalue weighted by molar-refractivity contribution is 0.602. The zero-order valence-electron chi connectivity index (χ0n) is 14.5. The molecule has 0 aliphatic heterocycles. The molecule has 0 atom stereocenters. The third-order valence-corrected chi connectivity index (χ3v) is 6.02. The Bertz CT molecular complexity index is 1010. The van der Waals surface area contributed by atoms with Crippen LogP contribution in [0.3, 0.4) is 0 Å². The van der Waals surface area contributed by atoms with E-state index in [1.807, 2.05) is 0 Å². The molecule has 136 valence electrons. The maximum Gasteiger partial charge on any atom is 0.183 e. The number of aromatic nitrogens is 1. The fourth-order valence-corrected chi connectivity index (χ4v) is 4.15. The summed E-state index contributed by atoms with van der Waals surface area (Å²) in [5.41, 5.74) is 1.78. The van der Waals surface area contributed by atoms with Crippen molar-refractivity contribution in [3.63, 3.8) is 0 Å². The molecular weight excluding hydrogens is 371 g/mol. The van der Waals surface area contributed by atoms with Crippen molar-refractivity contribution in [2.24, 2.45) is 0 Å². The van der Waals surface area contributed by atoms with E-state index in [4.69, 9.17) is 0 Å². The molecule has 0 spiro atoms. The molecule has 3 rings (SSSR count). The molecule has 1 N–H and O–H groups in total. The van der Waals surface area contributed by atoms with E-state index in [0.29, 0.717) is 16.4 Å². The molecule has 0 unspecified atom stereocenters. The first-order valence-electron chi connectivity index (χ1n) is 8.20. The molecule has 2 aromatic carbocycles. The number of hydrogen-bond acceptors (Lipinski definition) is 5. The van der Waals surface area contributed by atoms with Crippen molar-refractivity contribution in [3.05, 3.63) is 54.3 Å². The van der Waals surface area contributed by atoms with Gasteiger partial charge in [-0.25, -0.2) is 17.8 Å². The number of sulfone groups is 1. The molecule has 0 aliphatic carbocycles. The Morgan fingerprint density at radius 3 is 2.42 bits per heavy atom. The van der Waals surface area contributed by atoms with Crippen molar-refractivity contribution in [1.82, 2.24) is 4.98 Å². The number of benzene rings is 2. The molecule has 1 aromatic heterocycles. The standard InChI is InChI=1S/C19H19FN2O2S2/c1-3-12-21-19-22-17(15-6-4-5-7-16(15)20)18(25-19)13-8-10-14(11-9-13)26(2,23)24/h4-11H,3,12H2,1-2H3,(H,21,22). The number of rotatable bonds is 6. The average molecular weight is 391 g/mol. The summed E-state index contributed by atoms with van der Waals surface area (Å²) in [6.07, 6.45) is 2.12. The summed E-state index contributed by atoms with van der Waals surface area (Å²) >= 11 is 1.43. The molecular formula is C19H19FN2O2S2. The minimum absolute atomic E-state index is 0.252. The summed E-state index contributed by atoms with van der Waals surface area (Å²) in [6.45, 7) is 2.83. The van der Waals surface area contributed by atoms with Gasteiger partial charge in [-0.1, -0.05) is 42.5 Å². The minimum Gasteiger partial charge on any atom is -0.361 e. The molecule has 0 amide bonds. The highest BCUT2D eigenvalue weighted by atomic mass is 32.2. The SMILES string of the molecule is CCCNc1nc(-c2ccccc2F)c(-c2ccc(S(C)(=O)=O)cc2)s1. The molecule has 0 saturated heterocycles. The van der Waals surface area contributed by atoms with E-state index in [1.165, 1.54) is 23.7 Å². The van der Waals surface area contributed by atoms with E-state index in [0.717, 1.165) is 23.4 Å². The largest absolute Gasteiger partial charge is 0.361 e. The Kier molecular flexibility index (Phi) is 5.38. The highest BCUT2D eigenvalue weighted by molar-refractivity contribution is 7.90. The first-order valence-corrected chi connectivity index (χ1v) is 10.9. The van der Waals surface area contributed by atoms with E-state index < -0.39 is 9.84 Å². The molecule has 7 heteroatoms. The lowest BCUT2D eigenvalue weighted by atomic mass is 10.1. The molecule has 1 heterocycles. The van der Waals surface area contributed by atoms with Crippen molar-refractivity contribution >= 4 is 26.3 Å². The van der Waals surface area contributed by atoms with Crippen molar-refractivity contribution in [1.29, 1.82) is 0 Å². The second kappa shape index (κ2) is 7.55. The lowest BCUT2D eigenvalue weighted by Crippen LogP contribution is -1.98. The van der Waals surface area contributed by atoms with Crippen molar-refractivity contribution < 1.29 is 12.8 Å². The summed E-state index contributed by atoms with van der Waals surface area (Å²) in [7, 11) is -3.26. The van der Waals surface area contributed by atoms with Gasteiger partial charge in [0.1, 0.15) is 5.82 Å². The fourth-order valence-electron chi connectivity index (χ4n) is 2.51. The quantitative estimate of drug-likeness (QED) is 0.654. The van der Waals surface area contributed by atoms with Crippen LogP contribution in [0, 0.1) is 5.82 Å². The molecule has 0 saturated carbocycles. The zero-order valence-corrected chi connectivity index (χ0v) is 16.1. The van der Waals surface area contributed by atoms with Crippen LogP contribution in [0.2, 0.25) is 0 Å². The third-order valence-electron chi connectivity index (χ3n) is 3.83. The van der Waals surface area contributed by atoms with Gasteiger partial charge < -0.3 is 5.32 Å². The van der Waals surface area contributed by atoms with E-state index in [1.54, 1.807) is 42.5 Å².